The van der Waals surface area contributed by atoms with Gasteiger partial charge < -0.3 is 11.1 Å². The lowest BCUT2D eigenvalue weighted by Gasteiger charge is -2.31. The quantitative estimate of drug-likeness (QED) is 0.837. The van der Waals surface area contributed by atoms with E-state index in [1.54, 1.807) is 0 Å². The van der Waals surface area contributed by atoms with Crippen molar-refractivity contribution in [3.8, 4) is 0 Å². The molecule has 0 heterocycles. The standard InChI is InChI=1S/C16H30N2O.ClH/c1-11(2)12-6-8-14(9-7-12)18-16(19)10-13-4-3-5-15(13)17;/h11-15H,3-10,17H2,1-2H3,(H,18,19);1H/t12?,13-,14?,15+;/m0./s1. The zero-order valence-corrected chi connectivity index (χ0v) is 13.8. The van der Waals surface area contributed by atoms with E-state index in [0.29, 0.717) is 18.4 Å². The van der Waals surface area contributed by atoms with Gasteiger partial charge in [0, 0.05) is 18.5 Å². The number of carbonyl (C=O) groups is 1. The van der Waals surface area contributed by atoms with E-state index in [9.17, 15) is 4.79 Å². The third kappa shape index (κ3) is 4.92. The number of nitrogens with two attached hydrogens (primary N) is 1. The molecule has 2 fully saturated rings. The van der Waals surface area contributed by atoms with Gasteiger partial charge in [0.15, 0.2) is 0 Å². The molecule has 1 amide bonds. The molecular formula is C16H31ClN2O. The lowest BCUT2D eigenvalue weighted by Crippen LogP contribution is -2.40. The van der Waals surface area contributed by atoms with Crippen molar-refractivity contribution in [3.63, 3.8) is 0 Å². The molecule has 2 aliphatic rings. The molecule has 0 radical (unpaired) electrons. The fourth-order valence-corrected chi connectivity index (χ4v) is 3.77. The average Bonchev–Trinajstić information content (AvgIpc) is 2.75. The number of nitrogens with one attached hydrogen (secondary N) is 1. The molecule has 0 bridgehead atoms. The predicted octanol–water partition coefficient (Wildman–Crippen LogP) is 3.26. The van der Waals surface area contributed by atoms with Gasteiger partial charge in [0.1, 0.15) is 0 Å². The minimum atomic E-state index is 0. The Kier molecular flexibility index (Phi) is 7.32. The highest BCUT2D eigenvalue weighted by atomic mass is 35.5. The first-order chi connectivity index (χ1) is 9.06. The van der Waals surface area contributed by atoms with E-state index >= 15 is 0 Å². The fraction of sp³-hybridized carbons (Fsp3) is 0.938. The van der Waals surface area contributed by atoms with Crippen LogP contribution in [0.5, 0.6) is 0 Å². The Bertz CT molecular complexity index is 301. The van der Waals surface area contributed by atoms with Gasteiger partial charge in [0.2, 0.25) is 5.91 Å². The molecule has 4 heteroatoms. The number of hydrogen-bond acceptors (Lipinski definition) is 2. The highest BCUT2D eigenvalue weighted by molar-refractivity contribution is 5.85. The van der Waals surface area contributed by atoms with Crippen molar-refractivity contribution in [2.75, 3.05) is 0 Å². The molecule has 0 saturated heterocycles. The van der Waals surface area contributed by atoms with Crippen molar-refractivity contribution in [2.24, 2.45) is 23.5 Å². The first-order valence-corrected chi connectivity index (χ1v) is 8.11. The minimum Gasteiger partial charge on any atom is -0.353 e. The molecule has 2 aliphatic carbocycles. The van der Waals surface area contributed by atoms with E-state index in [1.165, 1.54) is 19.3 Å². The molecule has 2 saturated carbocycles. The number of hydrogen-bond donors (Lipinski definition) is 2. The molecule has 0 unspecified atom stereocenters. The summed E-state index contributed by atoms with van der Waals surface area (Å²) in [6, 6.07) is 0.669. The van der Waals surface area contributed by atoms with E-state index in [1.807, 2.05) is 0 Å². The van der Waals surface area contributed by atoms with Crippen LogP contribution in [0.3, 0.4) is 0 Å². The summed E-state index contributed by atoms with van der Waals surface area (Å²) in [6.45, 7) is 4.62. The maximum atomic E-state index is 12.1. The average molecular weight is 303 g/mol. The largest absolute Gasteiger partial charge is 0.353 e. The van der Waals surface area contributed by atoms with Crippen LogP contribution >= 0.6 is 12.4 Å². The van der Waals surface area contributed by atoms with E-state index in [4.69, 9.17) is 5.73 Å². The summed E-state index contributed by atoms with van der Waals surface area (Å²) in [5.74, 6) is 2.30. The van der Waals surface area contributed by atoms with Gasteiger partial charge in [-0.2, -0.15) is 0 Å². The highest BCUT2D eigenvalue weighted by Crippen LogP contribution is 2.30. The molecule has 118 valence electrons. The van der Waals surface area contributed by atoms with Crippen molar-refractivity contribution < 1.29 is 4.79 Å². The molecule has 3 nitrogen and oxygen atoms in total. The Morgan fingerprint density at radius 2 is 1.80 bits per heavy atom. The lowest BCUT2D eigenvalue weighted by molar-refractivity contribution is -0.123. The molecule has 2 atom stereocenters. The Morgan fingerprint density at radius 1 is 1.15 bits per heavy atom. The summed E-state index contributed by atoms with van der Waals surface area (Å²) < 4.78 is 0. The molecule has 0 aromatic carbocycles. The van der Waals surface area contributed by atoms with Crippen molar-refractivity contribution in [3.05, 3.63) is 0 Å². The second-order valence-electron chi connectivity index (χ2n) is 6.98. The molecular weight excluding hydrogens is 272 g/mol. The van der Waals surface area contributed by atoms with Crippen LogP contribution in [0, 0.1) is 17.8 Å². The number of rotatable bonds is 4. The third-order valence-corrected chi connectivity index (χ3v) is 5.25. The van der Waals surface area contributed by atoms with Gasteiger partial charge in [-0.25, -0.2) is 0 Å². The monoisotopic (exact) mass is 302 g/mol. The third-order valence-electron chi connectivity index (χ3n) is 5.25. The van der Waals surface area contributed by atoms with Crippen LogP contribution in [0.25, 0.3) is 0 Å². The maximum absolute atomic E-state index is 12.1. The zero-order valence-electron chi connectivity index (χ0n) is 12.9. The van der Waals surface area contributed by atoms with E-state index in [-0.39, 0.29) is 24.4 Å². The summed E-state index contributed by atoms with van der Waals surface area (Å²) in [5, 5.41) is 3.23. The number of carbonyl (C=O) groups excluding carboxylic acids is 1. The van der Waals surface area contributed by atoms with Crippen LogP contribution < -0.4 is 11.1 Å². The Balaban J connectivity index is 0.00000200. The van der Waals surface area contributed by atoms with E-state index < -0.39 is 0 Å². The summed E-state index contributed by atoms with van der Waals surface area (Å²) in [7, 11) is 0. The Labute approximate surface area is 129 Å². The summed E-state index contributed by atoms with van der Waals surface area (Å²) in [4.78, 5) is 12.1. The van der Waals surface area contributed by atoms with Crippen LogP contribution in [0.4, 0.5) is 0 Å². The second-order valence-corrected chi connectivity index (χ2v) is 6.98. The first kappa shape index (κ1) is 17.8. The Hall–Kier alpha value is -0.280. The highest BCUT2D eigenvalue weighted by Gasteiger charge is 2.28. The minimum absolute atomic E-state index is 0. The molecule has 0 aliphatic heterocycles. The van der Waals surface area contributed by atoms with Gasteiger partial charge in [0.05, 0.1) is 0 Å². The van der Waals surface area contributed by atoms with Crippen LogP contribution in [0.15, 0.2) is 0 Å². The smallest absolute Gasteiger partial charge is 0.220 e. The van der Waals surface area contributed by atoms with E-state index in [2.05, 4.69) is 19.2 Å². The Morgan fingerprint density at radius 3 is 2.30 bits per heavy atom. The summed E-state index contributed by atoms with van der Waals surface area (Å²) in [5.41, 5.74) is 6.03. The predicted molar refractivity (Wildman–Crippen MR) is 85.9 cm³/mol. The number of amides is 1. The van der Waals surface area contributed by atoms with Crippen molar-refractivity contribution >= 4 is 18.3 Å². The van der Waals surface area contributed by atoms with Gasteiger partial charge in [-0.05, 0) is 56.3 Å². The molecule has 0 aromatic heterocycles. The van der Waals surface area contributed by atoms with Gasteiger partial charge in [-0.1, -0.05) is 20.3 Å². The van der Waals surface area contributed by atoms with Crippen LogP contribution in [-0.2, 0) is 4.79 Å². The molecule has 0 aromatic rings. The van der Waals surface area contributed by atoms with Crippen molar-refractivity contribution in [1.82, 2.24) is 5.32 Å². The summed E-state index contributed by atoms with van der Waals surface area (Å²) in [6.07, 6.45) is 8.92. The van der Waals surface area contributed by atoms with Crippen LogP contribution in [0.1, 0.15) is 65.2 Å². The number of halogens is 1. The van der Waals surface area contributed by atoms with Crippen molar-refractivity contribution in [1.29, 1.82) is 0 Å². The normalized spacial score (nSPS) is 33.8. The van der Waals surface area contributed by atoms with Gasteiger partial charge in [0.25, 0.3) is 0 Å². The van der Waals surface area contributed by atoms with E-state index in [0.717, 1.165) is 37.5 Å². The molecule has 20 heavy (non-hydrogen) atoms. The lowest BCUT2D eigenvalue weighted by atomic mass is 9.79. The maximum Gasteiger partial charge on any atom is 0.220 e. The molecule has 2 rings (SSSR count). The SMILES string of the molecule is CC(C)C1CCC(NC(=O)C[C@@H]2CCC[C@H]2N)CC1.Cl. The van der Waals surface area contributed by atoms with Gasteiger partial charge >= 0.3 is 0 Å². The molecule has 0 spiro atoms. The second kappa shape index (κ2) is 8.23. The summed E-state index contributed by atoms with van der Waals surface area (Å²) >= 11 is 0. The van der Waals surface area contributed by atoms with Crippen LogP contribution in [-0.4, -0.2) is 18.0 Å². The first-order valence-electron chi connectivity index (χ1n) is 8.11. The van der Waals surface area contributed by atoms with Crippen LogP contribution in [0.2, 0.25) is 0 Å². The van der Waals surface area contributed by atoms with Gasteiger partial charge in [-0.15, -0.1) is 12.4 Å². The molecule has 3 N–H and O–H groups in total. The topological polar surface area (TPSA) is 55.1 Å². The fourth-order valence-electron chi connectivity index (χ4n) is 3.77. The van der Waals surface area contributed by atoms with Gasteiger partial charge in [-0.3, -0.25) is 4.79 Å². The zero-order chi connectivity index (χ0) is 13.8. The van der Waals surface area contributed by atoms with Crippen molar-refractivity contribution in [2.45, 2.75) is 77.3 Å².